The van der Waals surface area contributed by atoms with Crippen LogP contribution in [0, 0.1) is 5.82 Å². The highest BCUT2D eigenvalue weighted by molar-refractivity contribution is 5.37. The summed E-state index contributed by atoms with van der Waals surface area (Å²) in [5, 5.41) is 7.10. The lowest BCUT2D eigenvalue weighted by molar-refractivity contribution is 0.596. The summed E-state index contributed by atoms with van der Waals surface area (Å²) in [4.78, 5) is 7.75. The lowest BCUT2D eigenvalue weighted by Gasteiger charge is -2.06. The lowest BCUT2D eigenvalue weighted by Crippen LogP contribution is -2.07. The second-order valence-electron chi connectivity index (χ2n) is 3.67. The standard InChI is InChI=1S/C11H14FN5/c1-3-9-10(12)11(15-7-14-9)13-6-8-4-5-17(2)16-8/h4-5,7H,3,6H2,1-2H3,(H,13,14,15). The van der Waals surface area contributed by atoms with E-state index in [1.54, 1.807) is 4.68 Å². The van der Waals surface area contributed by atoms with Gasteiger partial charge in [0.05, 0.1) is 17.9 Å². The maximum atomic E-state index is 13.8. The fourth-order valence-electron chi connectivity index (χ4n) is 1.51. The van der Waals surface area contributed by atoms with Crippen molar-refractivity contribution >= 4 is 5.82 Å². The molecule has 17 heavy (non-hydrogen) atoms. The number of aromatic nitrogens is 4. The minimum Gasteiger partial charge on any atom is -0.362 e. The first kappa shape index (κ1) is 11.5. The zero-order valence-electron chi connectivity index (χ0n) is 9.81. The van der Waals surface area contributed by atoms with Crippen molar-refractivity contribution in [1.82, 2.24) is 19.7 Å². The first-order chi connectivity index (χ1) is 8.20. The molecule has 5 nitrogen and oxygen atoms in total. The highest BCUT2D eigenvalue weighted by Crippen LogP contribution is 2.13. The third kappa shape index (κ3) is 2.58. The molecule has 1 N–H and O–H groups in total. The summed E-state index contributed by atoms with van der Waals surface area (Å²) in [7, 11) is 1.84. The fraction of sp³-hybridized carbons (Fsp3) is 0.364. The van der Waals surface area contributed by atoms with E-state index in [0.29, 0.717) is 18.7 Å². The van der Waals surface area contributed by atoms with Gasteiger partial charge >= 0.3 is 0 Å². The lowest BCUT2D eigenvalue weighted by atomic mass is 10.3. The van der Waals surface area contributed by atoms with Crippen LogP contribution < -0.4 is 5.32 Å². The second kappa shape index (κ2) is 4.90. The second-order valence-corrected chi connectivity index (χ2v) is 3.67. The van der Waals surface area contributed by atoms with E-state index >= 15 is 0 Å². The molecule has 0 unspecified atom stereocenters. The molecule has 0 spiro atoms. The third-order valence-electron chi connectivity index (χ3n) is 2.40. The van der Waals surface area contributed by atoms with Crippen LogP contribution in [0.2, 0.25) is 0 Å². The molecule has 0 aliphatic carbocycles. The molecule has 2 heterocycles. The van der Waals surface area contributed by atoms with Crippen LogP contribution in [0.5, 0.6) is 0 Å². The van der Waals surface area contributed by atoms with E-state index in [-0.39, 0.29) is 11.6 Å². The summed E-state index contributed by atoms with van der Waals surface area (Å²) in [6.45, 7) is 2.30. The van der Waals surface area contributed by atoms with Crippen LogP contribution in [0.3, 0.4) is 0 Å². The number of rotatable bonds is 4. The molecule has 0 saturated carbocycles. The Morgan fingerprint density at radius 1 is 1.41 bits per heavy atom. The van der Waals surface area contributed by atoms with E-state index in [4.69, 9.17) is 0 Å². The number of hydrogen-bond acceptors (Lipinski definition) is 4. The van der Waals surface area contributed by atoms with Crippen molar-refractivity contribution in [2.45, 2.75) is 19.9 Å². The quantitative estimate of drug-likeness (QED) is 0.873. The molecule has 0 fully saturated rings. The smallest absolute Gasteiger partial charge is 0.186 e. The van der Waals surface area contributed by atoms with Crippen molar-refractivity contribution in [3.8, 4) is 0 Å². The van der Waals surface area contributed by atoms with Crippen LogP contribution in [0.25, 0.3) is 0 Å². The summed E-state index contributed by atoms with van der Waals surface area (Å²) in [5.41, 5.74) is 1.26. The van der Waals surface area contributed by atoms with Gasteiger partial charge in [-0.2, -0.15) is 5.10 Å². The van der Waals surface area contributed by atoms with Crippen LogP contribution >= 0.6 is 0 Å². The van der Waals surface area contributed by atoms with Gasteiger partial charge < -0.3 is 5.32 Å². The molecule has 0 atom stereocenters. The van der Waals surface area contributed by atoms with Crippen molar-refractivity contribution in [2.24, 2.45) is 7.05 Å². The highest BCUT2D eigenvalue weighted by atomic mass is 19.1. The molecular weight excluding hydrogens is 221 g/mol. The summed E-state index contributed by atoms with van der Waals surface area (Å²) in [6, 6.07) is 1.87. The predicted molar refractivity (Wildman–Crippen MR) is 61.9 cm³/mol. The molecule has 2 rings (SSSR count). The molecule has 2 aromatic heterocycles. The molecule has 0 bridgehead atoms. The number of anilines is 1. The van der Waals surface area contributed by atoms with Gasteiger partial charge in [-0.3, -0.25) is 4.68 Å². The van der Waals surface area contributed by atoms with Crippen LogP contribution in [0.1, 0.15) is 18.3 Å². The Labute approximate surface area is 98.7 Å². The Kier molecular flexibility index (Phi) is 3.32. The maximum Gasteiger partial charge on any atom is 0.186 e. The molecular formula is C11H14FN5. The monoisotopic (exact) mass is 235 g/mol. The maximum absolute atomic E-state index is 13.8. The molecule has 90 valence electrons. The molecule has 0 aliphatic heterocycles. The summed E-state index contributed by atoms with van der Waals surface area (Å²) in [6.07, 6.45) is 3.75. The van der Waals surface area contributed by atoms with Crippen molar-refractivity contribution < 1.29 is 4.39 Å². The zero-order chi connectivity index (χ0) is 12.3. The normalized spacial score (nSPS) is 10.5. The Morgan fingerprint density at radius 3 is 2.88 bits per heavy atom. The largest absolute Gasteiger partial charge is 0.362 e. The highest BCUT2D eigenvalue weighted by Gasteiger charge is 2.09. The first-order valence-corrected chi connectivity index (χ1v) is 5.42. The van der Waals surface area contributed by atoms with Gasteiger partial charge in [0, 0.05) is 13.2 Å². The Morgan fingerprint density at radius 2 is 2.24 bits per heavy atom. The van der Waals surface area contributed by atoms with Gasteiger partial charge in [0.25, 0.3) is 0 Å². The minimum atomic E-state index is -0.383. The number of aryl methyl sites for hydroxylation is 2. The van der Waals surface area contributed by atoms with Crippen molar-refractivity contribution in [1.29, 1.82) is 0 Å². The van der Waals surface area contributed by atoms with E-state index in [0.717, 1.165) is 5.69 Å². The number of nitrogens with one attached hydrogen (secondary N) is 1. The van der Waals surface area contributed by atoms with Crippen LogP contribution in [-0.2, 0) is 20.0 Å². The van der Waals surface area contributed by atoms with E-state index in [9.17, 15) is 4.39 Å². The number of nitrogens with zero attached hydrogens (tertiary/aromatic N) is 4. The molecule has 0 radical (unpaired) electrons. The van der Waals surface area contributed by atoms with E-state index in [1.165, 1.54) is 6.33 Å². The van der Waals surface area contributed by atoms with Gasteiger partial charge in [-0.25, -0.2) is 14.4 Å². The number of halogens is 1. The Bertz CT molecular complexity index is 508. The van der Waals surface area contributed by atoms with E-state index in [2.05, 4.69) is 20.4 Å². The van der Waals surface area contributed by atoms with Gasteiger partial charge in [-0.15, -0.1) is 0 Å². The van der Waals surface area contributed by atoms with Crippen molar-refractivity contribution in [2.75, 3.05) is 5.32 Å². The van der Waals surface area contributed by atoms with Crippen LogP contribution in [0.4, 0.5) is 10.2 Å². The molecule has 0 aliphatic rings. The van der Waals surface area contributed by atoms with Gasteiger partial charge in [0.15, 0.2) is 11.6 Å². The van der Waals surface area contributed by atoms with Crippen molar-refractivity contribution in [3.05, 3.63) is 35.8 Å². The molecule has 6 heteroatoms. The van der Waals surface area contributed by atoms with Gasteiger partial charge in [-0.1, -0.05) is 6.92 Å². The Balaban J connectivity index is 2.09. The molecule has 0 aromatic carbocycles. The summed E-state index contributed by atoms with van der Waals surface area (Å²) < 4.78 is 15.5. The summed E-state index contributed by atoms with van der Waals surface area (Å²) in [5.74, 6) is -0.159. The zero-order valence-corrected chi connectivity index (χ0v) is 9.81. The van der Waals surface area contributed by atoms with Gasteiger partial charge in [0.1, 0.15) is 6.33 Å². The average Bonchev–Trinajstić information content (AvgIpc) is 2.74. The number of hydrogen-bond donors (Lipinski definition) is 1. The minimum absolute atomic E-state index is 0.225. The van der Waals surface area contributed by atoms with Crippen LogP contribution in [-0.4, -0.2) is 19.7 Å². The molecule has 0 saturated heterocycles. The van der Waals surface area contributed by atoms with Gasteiger partial charge in [0.2, 0.25) is 0 Å². The van der Waals surface area contributed by atoms with E-state index < -0.39 is 0 Å². The van der Waals surface area contributed by atoms with Gasteiger partial charge in [-0.05, 0) is 12.5 Å². The van der Waals surface area contributed by atoms with E-state index in [1.807, 2.05) is 26.2 Å². The molecule has 2 aromatic rings. The molecule has 0 amide bonds. The fourth-order valence-corrected chi connectivity index (χ4v) is 1.51. The third-order valence-corrected chi connectivity index (χ3v) is 2.40. The topological polar surface area (TPSA) is 55.6 Å². The Hall–Kier alpha value is -1.98. The van der Waals surface area contributed by atoms with Crippen molar-refractivity contribution in [3.63, 3.8) is 0 Å². The SMILES string of the molecule is CCc1ncnc(NCc2ccn(C)n2)c1F. The predicted octanol–water partition coefficient (Wildman–Crippen LogP) is 1.52. The average molecular weight is 235 g/mol. The first-order valence-electron chi connectivity index (χ1n) is 5.42. The summed E-state index contributed by atoms with van der Waals surface area (Å²) >= 11 is 0. The van der Waals surface area contributed by atoms with Crippen LogP contribution in [0.15, 0.2) is 18.6 Å².